The van der Waals surface area contributed by atoms with Crippen molar-refractivity contribution < 1.29 is 37.7 Å². The van der Waals surface area contributed by atoms with Gasteiger partial charge in [-0.05, 0) is 30.2 Å². The van der Waals surface area contributed by atoms with Gasteiger partial charge in [0.1, 0.15) is 18.2 Å². The number of alkyl halides is 3. The lowest BCUT2D eigenvalue weighted by Crippen LogP contribution is -2.17. The average Bonchev–Trinajstić information content (AvgIpc) is 3.15. The van der Waals surface area contributed by atoms with E-state index in [1.54, 1.807) is 24.3 Å². The van der Waals surface area contributed by atoms with E-state index in [4.69, 9.17) is 9.84 Å². The highest BCUT2D eigenvalue weighted by Crippen LogP contribution is 2.35. The van der Waals surface area contributed by atoms with E-state index < -0.39 is 35.8 Å². The van der Waals surface area contributed by atoms with Crippen LogP contribution >= 0.6 is 0 Å². The molecule has 1 heterocycles. The third-order valence-electron chi connectivity index (χ3n) is 4.88. The van der Waals surface area contributed by atoms with Gasteiger partial charge in [0.05, 0.1) is 16.8 Å². The van der Waals surface area contributed by atoms with Crippen LogP contribution in [0.25, 0.3) is 0 Å². The molecule has 174 valence electrons. The molecule has 0 spiro atoms. The van der Waals surface area contributed by atoms with Gasteiger partial charge in [0.2, 0.25) is 0 Å². The molecule has 0 saturated carbocycles. The number of imidazole rings is 1. The lowest BCUT2D eigenvalue weighted by atomic mass is 10.0. The summed E-state index contributed by atoms with van der Waals surface area (Å²) in [6, 6.07) is 9.73. The Morgan fingerprint density at radius 1 is 1.06 bits per heavy atom. The Hall–Kier alpha value is -3.82. The topological polar surface area (TPSA) is 113 Å². The number of carboxylic acids is 2. The van der Waals surface area contributed by atoms with Crippen LogP contribution in [0.2, 0.25) is 0 Å². The molecule has 0 fully saturated rings. The molecule has 0 amide bonds. The molecule has 0 unspecified atom stereocenters. The fraction of sp³-hybridized carbons (Fsp3) is 0.261. The van der Waals surface area contributed by atoms with Crippen LogP contribution in [-0.4, -0.2) is 32.1 Å². The van der Waals surface area contributed by atoms with Crippen LogP contribution in [0.5, 0.6) is 5.75 Å². The van der Waals surface area contributed by atoms with Gasteiger partial charge in [-0.15, -0.1) is 0 Å². The number of benzene rings is 2. The number of carboxylic acid groups (broad SMARTS) is 2. The Balaban J connectivity index is 1.75. The zero-order valence-electron chi connectivity index (χ0n) is 17.6. The van der Waals surface area contributed by atoms with Crippen LogP contribution in [0.4, 0.5) is 13.2 Å². The molecule has 3 aromatic rings. The number of ether oxygens (including phenoxy) is 1. The third-order valence-corrected chi connectivity index (χ3v) is 4.88. The normalized spacial score (nSPS) is 11.4. The molecule has 3 rings (SSSR count). The van der Waals surface area contributed by atoms with Crippen molar-refractivity contribution in [1.29, 1.82) is 0 Å². The van der Waals surface area contributed by atoms with Crippen molar-refractivity contribution in [2.75, 3.05) is 0 Å². The highest BCUT2D eigenvalue weighted by atomic mass is 19.4. The zero-order valence-corrected chi connectivity index (χ0v) is 17.6. The summed E-state index contributed by atoms with van der Waals surface area (Å²) in [5.74, 6) is -1.93. The number of nitrogens with zero attached hydrogens (tertiary/aromatic N) is 1. The Morgan fingerprint density at radius 2 is 1.76 bits per heavy atom. The summed E-state index contributed by atoms with van der Waals surface area (Å²) >= 11 is 0. The molecule has 0 aliphatic rings. The van der Waals surface area contributed by atoms with Gasteiger partial charge in [-0.25, -0.2) is 14.6 Å². The summed E-state index contributed by atoms with van der Waals surface area (Å²) in [6.45, 7) is 1.48. The van der Waals surface area contributed by atoms with E-state index in [1.807, 2.05) is 6.92 Å². The quantitative estimate of drug-likeness (QED) is 0.415. The Bertz CT molecular complexity index is 1150. The second-order valence-electron chi connectivity index (χ2n) is 7.32. The molecule has 0 bridgehead atoms. The van der Waals surface area contributed by atoms with Crippen molar-refractivity contribution >= 4 is 11.9 Å². The van der Waals surface area contributed by atoms with Crippen molar-refractivity contribution in [3.05, 3.63) is 81.9 Å². The van der Waals surface area contributed by atoms with E-state index in [2.05, 4.69) is 9.97 Å². The number of aromatic nitrogens is 2. The first-order valence-corrected chi connectivity index (χ1v) is 10.0. The van der Waals surface area contributed by atoms with Gasteiger partial charge in [0.25, 0.3) is 0 Å². The molecule has 1 aromatic heterocycles. The molecule has 0 aliphatic heterocycles. The average molecular weight is 462 g/mol. The molecule has 2 aromatic carbocycles. The molecule has 0 radical (unpaired) electrons. The summed E-state index contributed by atoms with van der Waals surface area (Å²) in [6.07, 6.45) is -3.14. The maximum Gasteiger partial charge on any atom is 0.417 e. The summed E-state index contributed by atoms with van der Waals surface area (Å²) in [5, 5.41) is 18.5. The number of aromatic carboxylic acids is 2. The Morgan fingerprint density at radius 3 is 2.33 bits per heavy atom. The summed E-state index contributed by atoms with van der Waals surface area (Å²) in [4.78, 5) is 29.8. The van der Waals surface area contributed by atoms with E-state index >= 15 is 0 Å². The first kappa shape index (κ1) is 23.8. The molecular weight excluding hydrogens is 441 g/mol. The van der Waals surface area contributed by atoms with Crippen molar-refractivity contribution in [3.8, 4) is 5.75 Å². The van der Waals surface area contributed by atoms with Crippen molar-refractivity contribution in [2.45, 2.75) is 39.0 Å². The number of halogens is 3. The molecular formula is C23H21F3N2O5. The number of nitrogens with one attached hydrogen (secondary N) is 1. The Labute approximate surface area is 186 Å². The van der Waals surface area contributed by atoms with E-state index in [0.29, 0.717) is 17.9 Å². The monoisotopic (exact) mass is 462 g/mol. The number of aryl methyl sites for hydroxylation is 1. The van der Waals surface area contributed by atoms with Gasteiger partial charge in [-0.3, -0.25) is 0 Å². The molecule has 7 nitrogen and oxygen atoms in total. The Kier molecular flexibility index (Phi) is 7.05. The molecule has 3 N–H and O–H groups in total. The first-order valence-electron chi connectivity index (χ1n) is 10.0. The van der Waals surface area contributed by atoms with Crippen LogP contribution in [0.15, 0.2) is 42.5 Å². The number of hydrogen-bond acceptors (Lipinski definition) is 4. The number of H-pyrrole nitrogens is 1. The molecule has 0 atom stereocenters. The molecule has 10 heteroatoms. The molecule has 0 aliphatic carbocycles. The summed E-state index contributed by atoms with van der Waals surface area (Å²) < 4.78 is 45.7. The van der Waals surface area contributed by atoms with E-state index in [-0.39, 0.29) is 23.4 Å². The van der Waals surface area contributed by atoms with Crippen LogP contribution in [0, 0.1) is 0 Å². The van der Waals surface area contributed by atoms with E-state index in [9.17, 15) is 27.9 Å². The second kappa shape index (κ2) is 9.76. The second-order valence-corrected chi connectivity index (χ2v) is 7.32. The van der Waals surface area contributed by atoms with Gasteiger partial charge < -0.3 is 19.9 Å². The van der Waals surface area contributed by atoms with Crippen molar-refractivity contribution in [3.63, 3.8) is 0 Å². The maximum atomic E-state index is 13.4. The van der Waals surface area contributed by atoms with Gasteiger partial charge in [-0.2, -0.15) is 13.2 Å². The summed E-state index contributed by atoms with van der Waals surface area (Å²) in [5.41, 5.74) is -1.21. The van der Waals surface area contributed by atoms with E-state index in [1.165, 1.54) is 12.1 Å². The maximum absolute atomic E-state index is 13.4. The number of aromatic amines is 1. The minimum absolute atomic E-state index is 0.0447. The zero-order chi connectivity index (χ0) is 24.2. The van der Waals surface area contributed by atoms with Crippen LogP contribution in [0.3, 0.4) is 0 Å². The standard InChI is InChI=1S/C23H21F3N2O5/c1-2-4-18-27-17(20(28-18)22(31)32)11-13-7-9-15(10-8-13)33-12-14-5-3-6-16(21(29)30)19(14)23(24,25)26/h3,5-10H,2,4,11-12H2,1H3,(H,27,28)(H,29,30)(H,31,32). The van der Waals surface area contributed by atoms with Crippen LogP contribution in [-0.2, 0) is 25.6 Å². The SMILES string of the molecule is CCCc1nc(C(=O)O)c(Cc2ccc(OCc3cccc(C(=O)O)c3C(F)(F)F)cc2)[nH]1. The van der Waals surface area contributed by atoms with Gasteiger partial charge in [-0.1, -0.05) is 31.2 Å². The lowest BCUT2D eigenvalue weighted by molar-refractivity contribution is -0.139. The largest absolute Gasteiger partial charge is 0.489 e. The fourth-order valence-electron chi connectivity index (χ4n) is 3.43. The molecule has 33 heavy (non-hydrogen) atoms. The smallest absolute Gasteiger partial charge is 0.417 e. The third kappa shape index (κ3) is 5.71. The number of carbonyl (C=O) groups is 2. The number of rotatable bonds is 9. The minimum atomic E-state index is -4.85. The number of hydrogen-bond donors (Lipinski definition) is 3. The summed E-state index contributed by atoms with van der Waals surface area (Å²) in [7, 11) is 0. The van der Waals surface area contributed by atoms with Crippen LogP contribution in [0.1, 0.15) is 62.4 Å². The van der Waals surface area contributed by atoms with Crippen molar-refractivity contribution in [1.82, 2.24) is 9.97 Å². The lowest BCUT2D eigenvalue weighted by Gasteiger charge is -2.16. The van der Waals surface area contributed by atoms with Gasteiger partial charge >= 0.3 is 18.1 Å². The van der Waals surface area contributed by atoms with Gasteiger partial charge in [0.15, 0.2) is 5.69 Å². The van der Waals surface area contributed by atoms with E-state index in [0.717, 1.165) is 18.1 Å². The minimum Gasteiger partial charge on any atom is -0.489 e. The predicted molar refractivity (Wildman–Crippen MR) is 112 cm³/mol. The molecule has 0 saturated heterocycles. The first-order chi connectivity index (χ1) is 15.6. The predicted octanol–water partition coefficient (Wildman–Crippen LogP) is 4.95. The highest BCUT2D eigenvalue weighted by Gasteiger charge is 2.38. The van der Waals surface area contributed by atoms with Crippen LogP contribution < -0.4 is 4.74 Å². The van der Waals surface area contributed by atoms with Gasteiger partial charge in [0, 0.05) is 18.4 Å². The van der Waals surface area contributed by atoms with Crippen molar-refractivity contribution in [2.24, 2.45) is 0 Å². The highest BCUT2D eigenvalue weighted by molar-refractivity contribution is 5.90. The fourth-order valence-corrected chi connectivity index (χ4v) is 3.43.